The summed E-state index contributed by atoms with van der Waals surface area (Å²) in [5.74, 6) is 0.670. The molecule has 6 heteroatoms. The maximum absolute atomic E-state index is 13.3. The number of benzene rings is 3. The first kappa shape index (κ1) is 24.2. The van der Waals surface area contributed by atoms with E-state index in [1.807, 2.05) is 68.4 Å². The normalized spacial score (nSPS) is 13.1. The third-order valence-electron chi connectivity index (χ3n) is 5.50. The quantitative estimate of drug-likeness (QED) is 0.441. The van der Waals surface area contributed by atoms with Gasteiger partial charge in [0.1, 0.15) is 18.5 Å². The monoisotopic (exact) mass is 455 g/mol. The number of ether oxygens (including phenoxy) is 1. The van der Waals surface area contributed by atoms with Gasteiger partial charge in [-0.1, -0.05) is 61.9 Å². The fourth-order valence-corrected chi connectivity index (χ4v) is 5.37. The molecule has 0 aliphatic heterocycles. The Morgan fingerprint density at radius 3 is 2.34 bits per heavy atom. The average Bonchev–Trinajstić information content (AvgIpc) is 2.79. The van der Waals surface area contributed by atoms with E-state index in [-0.39, 0.29) is 24.1 Å². The van der Waals surface area contributed by atoms with Gasteiger partial charge in [-0.05, 0) is 55.8 Å². The Labute approximate surface area is 191 Å². The minimum atomic E-state index is -3.73. The van der Waals surface area contributed by atoms with Gasteiger partial charge in [0, 0.05) is 18.0 Å². The smallest absolute Gasteiger partial charge is 0.243 e. The molecule has 0 aliphatic carbocycles. The van der Waals surface area contributed by atoms with Gasteiger partial charge in [0.05, 0.1) is 4.90 Å². The summed E-state index contributed by atoms with van der Waals surface area (Å²) >= 11 is 0. The van der Waals surface area contributed by atoms with Crippen molar-refractivity contribution in [3.05, 3.63) is 72.3 Å². The van der Waals surface area contributed by atoms with E-state index < -0.39 is 16.1 Å². The zero-order valence-electron chi connectivity index (χ0n) is 19.1. The first-order valence-electron chi connectivity index (χ1n) is 11.2. The SMILES string of the molecule is CCCCc1ccc(S(=O)(=O)N(CC(O)COc2cccc3ccccc23)C(C)C)cc1. The van der Waals surface area contributed by atoms with E-state index in [0.29, 0.717) is 5.75 Å². The van der Waals surface area contributed by atoms with E-state index in [0.717, 1.165) is 35.6 Å². The van der Waals surface area contributed by atoms with Gasteiger partial charge in [-0.15, -0.1) is 0 Å². The molecule has 0 amide bonds. The zero-order valence-corrected chi connectivity index (χ0v) is 19.9. The topological polar surface area (TPSA) is 66.8 Å². The van der Waals surface area contributed by atoms with E-state index in [9.17, 15) is 13.5 Å². The number of aliphatic hydroxyl groups excluding tert-OH is 1. The van der Waals surface area contributed by atoms with Gasteiger partial charge in [0.15, 0.2) is 0 Å². The van der Waals surface area contributed by atoms with Crippen molar-refractivity contribution in [2.75, 3.05) is 13.2 Å². The third-order valence-corrected chi connectivity index (χ3v) is 7.55. The summed E-state index contributed by atoms with van der Waals surface area (Å²) < 4.78 is 33.7. The number of aryl methyl sites for hydroxylation is 1. The number of rotatable bonds is 11. The number of aliphatic hydroxyl groups is 1. The van der Waals surface area contributed by atoms with Crippen LogP contribution in [0.5, 0.6) is 5.75 Å². The second kappa shape index (κ2) is 10.9. The molecule has 5 nitrogen and oxygen atoms in total. The molecule has 172 valence electrons. The summed E-state index contributed by atoms with van der Waals surface area (Å²) in [6.45, 7) is 5.72. The van der Waals surface area contributed by atoms with Crippen LogP contribution in [0.3, 0.4) is 0 Å². The second-order valence-electron chi connectivity index (χ2n) is 8.36. The van der Waals surface area contributed by atoms with Crippen molar-refractivity contribution >= 4 is 20.8 Å². The highest BCUT2D eigenvalue weighted by molar-refractivity contribution is 7.89. The molecule has 0 bridgehead atoms. The van der Waals surface area contributed by atoms with Crippen LogP contribution in [-0.4, -0.2) is 43.1 Å². The van der Waals surface area contributed by atoms with Crippen LogP contribution in [-0.2, 0) is 16.4 Å². The molecule has 0 fully saturated rings. The van der Waals surface area contributed by atoms with Crippen molar-refractivity contribution in [2.24, 2.45) is 0 Å². The molecule has 1 N–H and O–H groups in total. The maximum atomic E-state index is 13.3. The lowest BCUT2D eigenvalue weighted by molar-refractivity contribution is 0.0846. The summed E-state index contributed by atoms with van der Waals surface area (Å²) in [6, 6.07) is 20.4. The van der Waals surface area contributed by atoms with Crippen molar-refractivity contribution in [1.29, 1.82) is 0 Å². The highest BCUT2D eigenvalue weighted by Crippen LogP contribution is 2.25. The van der Waals surface area contributed by atoms with Gasteiger partial charge < -0.3 is 9.84 Å². The molecule has 0 spiro atoms. The fraction of sp³-hybridized carbons (Fsp3) is 0.385. The van der Waals surface area contributed by atoms with Gasteiger partial charge in [-0.2, -0.15) is 4.31 Å². The molecule has 3 aromatic carbocycles. The van der Waals surface area contributed by atoms with E-state index in [1.54, 1.807) is 12.1 Å². The summed E-state index contributed by atoms with van der Waals surface area (Å²) in [7, 11) is -3.73. The molecule has 3 rings (SSSR count). The Kier molecular flexibility index (Phi) is 8.29. The molecule has 0 aromatic heterocycles. The molecule has 0 heterocycles. The standard InChI is InChI=1S/C26H33NO4S/c1-4-5-9-21-14-16-24(17-15-21)32(29,30)27(20(2)3)18-23(28)19-31-26-13-8-11-22-10-6-7-12-25(22)26/h6-8,10-17,20,23,28H,4-5,9,18-19H2,1-3H3. The summed E-state index contributed by atoms with van der Waals surface area (Å²) in [6.07, 6.45) is 2.15. The Balaban J connectivity index is 1.69. The van der Waals surface area contributed by atoms with Gasteiger partial charge in [-0.3, -0.25) is 0 Å². The Morgan fingerprint density at radius 1 is 0.969 bits per heavy atom. The fourth-order valence-electron chi connectivity index (χ4n) is 3.70. The molecule has 0 aliphatic rings. The summed E-state index contributed by atoms with van der Waals surface area (Å²) in [5, 5.41) is 12.6. The van der Waals surface area contributed by atoms with Crippen LogP contribution in [0.4, 0.5) is 0 Å². The lowest BCUT2D eigenvalue weighted by Gasteiger charge is -2.28. The highest BCUT2D eigenvalue weighted by Gasteiger charge is 2.29. The molecule has 0 saturated carbocycles. The summed E-state index contributed by atoms with van der Waals surface area (Å²) in [4.78, 5) is 0.244. The van der Waals surface area contributed by atoms with Crippen LogP contribution in [0.15, 0.2) is 71.6 Å². The minimum Gasteiger partial charge on any atom is -0.490 e. The molecule has 1 unspecified atom stereocenters. The second-order valence-corrected chi connectivity index (χ2v) is 10.2. The van der Waals surface area contributed by atoms with Crippen LogP contribution in [0, 0.1) is 0 Å². The molecule has 32 heavy (non-hydrogen) atoms. The highest BCUT2D eigenvalue weighted by atomic mass is 32.2. The minimum absolute atomic E-state index is 0.00268. The van der Waals surface area contributed by atoms with Crippen LogP contribution in [0.25, 0.3) is 10.8 Å². The number of nitrogens with zero attached hydrogens (tertiary/aromatic N) is 1. The number of unbranched alkanes of at least 4 members (excludes halogenated alkanes) is 1. The molecule has 0 radical (unpaired) electrons. The predicted octanol–water partition coefficient (Wildman–Crippen LogP) is 5.02. The lowest BCUT2D eigenvalue weighted by atomic mass is 10.1. The van der Waals surface area contributed by atoms with Gasteiger partial charge >= 0.3 is 0 Å². The average molecular weight is 456 g/mol. The molecule has 1 atom stereocenters. The summed E-state index contributed by atoms with van der Waals surface area (Å²) in [5.41, 5.74) is 1.13. The van der Waals surface area contributed by atoms with E-state index in [4.69, 9.17) is 4.74 Å². The van der Waals surface area contributed by atoms with Crippen molar-refractivity contribution in [3.8, 4) is 5.75 Å². The molecule has 0 saturated heterocycles. The largest absolute Gasteiger partial charge is 0.490 e. The van der Waals surface area contributed by atoms with Gasteiger partial charge in [-0.25, -0.2) is 8.42 Å². The third kappa shape index (κ3) is 5.88. The van der Waals surface area contributed by atoms with Gasteiger partial charge in [0.25, 0.3) is 0 Å². The predicted molar refractivity (Wildman–Crippen MR) is 130 cm³/mol. The van der Waals surface area contributed by atoms with Crippen molar-refractivity contribution in [1.82, 2.24) is 4.31 Å². The van der Waals surface area contributed by atoms with E-state index >= 15 is 0 Å². The number of sulfonamides is 1. The van der Waals surface area contributed by atoms with Crippen molar-refractivity contribution < 1.29 is 18.3 Å². The van der Waals surface area contributed by atoms with E-state index in [2.05, 4.69) is 6.92 Å². The Bertz CT molecular complexity index is 1100. The van der Waals surface area contributed by atoms with Crippen molar-refractivity contribution in [2.45, 2.75) is 57.1 Å². The Hall–Kier alpha value is -2.41. The van der Waals surface area contributed by atoms with Gasteiger partial charge in [0.2, 0.25) is 10.0 Å². The first-order chi connectivity index (χ1) is 15.3. The zero-order chi connectivity index (χ0) is 23.1. The number of hydrogen-bond donors (Lipinski definition) is 1. The Morgan fingerprint density at radius 2 is 1.66 bits per heavy atom. The van der Waals surface area contributed by atoms with Crippen LogP contribution in [0.1, 0.15) is 39.2 Å². The van der Waals surface area contributed by atoms with Crippen LogP contribution < -0.4 is 4.74 Å². The molecular formula is C26H33NO4S. The van der Waals surface area contributed by atoms with E-state index in [1.165, 1.54) is 4.31 Å². The number of fused-ring (bicyclic) bond motifs is 1. The number of hydrogen-bond acceptors (Lipinski definition) is 4. The van der Waals surface area contributed by atoms with Crippen LogP contribution in [0.2, 0.25) is 0 Å². The molecular weight excluding hydrogens is 422 g/mol. The van der Waals surface area contributed by atoms with Crippen molar-refractivity contribution in [3.63, 3.8) is 0 Å². The lowest BCUT2D eigenvalue weighted by Crippen LogP contribution is -2.43. The van der Waals surface area contributed by atoms with Crippen LogP contribution >= 0.6 is 0 Å². The maximum Gasteiger partial charge on any atom is 0.243 e. The molecule has 3 aromatic rings. The first-order valence-corrected chi connectivity index (χ1v) is 12.7.